The van der Waals surface area contributed by atoms with Crippen LogP contribution in [0.1, 0.15) is 16.7 Å². The lowest BCUT2D eigenvalue weighted by atomic mass is 10.1. The second kappa shape index (κ2) is 6.99. The summed E-state index contributed by atoms with van der Waals surface area (Å²) in [6.07, 6.45) is 1.98. The first-order valence-corrected chi connectivity index (χ1v) is 7.60. The van der Waals surface area contributed by atoms with Gasteiger partial charge in [0.15, 0.2) is 0 Å². The molecule has 20 heavy (non-hydrogen) atoms. The van der Waals surface area contributed by atoms with Crippen LogP contribution < -0.4 is 11.1 Å². The van der Waals surface area contributed by atoms with Crippen molar-refractivity contribution in [2.45, 2.75) is 18.0 Å². The fraction of sp³-hybridized carbons (Fsp3) is 0.188. The Morgan fingerprint density at radius 1 is 1.15 bits per heavy atom. The van der Waals surface area contributed by atoms with Crippen LogP contribution in [0.4, 0.5) is 5.69 Å². The van der Waals surface area contributed by atoms with E-state index in [9.17, 15) is 5.26 Å². The van der Waals surface area contributed by atoms with Crippen molar-refractivity contribution in [2.75, 3.05) is 11.6 Å². The molecule has 2 aromatic carbocycles. The largest absolute Gasteiger partial charge is 0.380 e. The van der Waals surface area contributed by atoms with Crippen molar-refractivity contribution in [3.63, 3.8) is 0 Å². The molecule has 0 aliphatic heterocycles. The average Bonchev–Trinajstić information content (AvgIpc) is 2.52. The maximum absolute atomic E-state index is 9.31. The highest BCUT2D eigenvalue weighted by Crippen LogP contribution is 2.26. The number of benzene rings is 2. The highest BCUT2D eigenvalue weighted by Gasteiger charge is 2.07. The third-order valence-corrected chi connectivity index (χ3v) is 3.95. The number of nitrogens with one attached hydrogen (secondary N) is 1. The fourth-order valence-electron chi connectivity index (χ4n) is 2.08. The molecule has 0 spiro atoms. The van der Waals surface area contributed by atoms with Gasteiger partial charge in [0.1, 0.15) is 6.07 Å². The normalized spacial score (nSPS) is 10.1. The molecule has 0 amide bonds. The number of hydrogen-bond donors (Lipinski definition) is 2. The van der Waals surface area contributed by atoms with Crippen LogP contribution >= 0.6 is 11.8 Å². The molecule has 102 valence electrons. The highest BCUT2D eigenvalue weighted by atomic mass is 32.2. The van der Waals surface area contributed by atoms with Gasteiger partial charge in [-0.2, -0.15) is 5.26 Å². The molecule has 3 nitrogen and oxygen atoms in total. The topological polar surface area (TPSA) is 61.8 Å². The summed E-state index contributed by atoms with van der Waals surface area (Å²) in [6, 6.07) is 16.2. The van der Waals surface area contributed by atoms with Crippen LogP contribution in [0.5, 0.6) is 0 Å². The molecule has 0 saturated heterocycles. The second-order valence-corrected chi connectivity index (χ2v) is 5.17. The van der Waals surface area contributed by atoms with E-state index in [0.717, 1.165) is 21.7 Å². The van der Waals surface area contributed by atoms with Gasteiger partial charge in [-0.3, -0.25) is 0 Å². The van der Waals surface area contributed by atoms with E-state index >= 15 is 0 Å². The van der Waals surface area contributed by atoms with Crippen molar-refractivity contribution in [2.24, 2.45) is 5.73 Å². The number of thioether (sulfide) groups is 1. The van der Waals surface area contributed by atoms with E-state index < -0.39 is 0 Å². The van der Waals surface area contributed by atoms with Crippen molar-refractivity contribution in [1.29, 1.82) is 5.26 Å². The molecular weight excluding hydrogens is 266 g/mol. The van der Waals surface area contributed by atoms with Crippen LogP contribution in [0.3, 0.4) is 0 Å². The molecule has 0 bridgehead atoms. The van der Waals surface area contributed by atoms with Gasteiger partial charge in [-0.15, -0.1) is 11.8 Å². The summed E-state index contributed by atoms with van der Waals surface area (Å²) in [4.78, 5) is 0.990. The fourth-order valence-corrected chi connectivity index (χ4v) is 2.66. The first-order chi connectivity index (χ1) is 9.80. The van der Waals surface area contributed by atoms with Gasteiger partial charge in [0.05, 0.1) is 11.3 Å². The number of nitriles is 1. The predicted molar refractivity (Wildman–Crippen MR) is 84.6 cm³/mol. The summed E-state index contributed by atoms with van der Waals surface area (Å²) in [5.74, 6) is 0. The van der Waals surface area contributed by atoms with Crippen molar-refractivity contribution >= 4 is 17.4 Å². The molecule has 0 atom stereocenters. The second-order valence-electron chi connectivity index (χ2n) is 4.32. The number of anilines is 1. The molecule has 0 radical (unpaired) electrons. The zero-order valence-corrected chi connectivity index (χ0v) is 12.2. The molecule has 0 saturated carbocycles. The van der Waals surface area contributed by atoms with Crippen LogP contribution in [0.15, 0.2) is 47.4 Å². The first kappa shape index (κ1) is 14.4. The minimum atomic E-state index is 0.522. The quantitative estimate of drug-likeness (QED) is 0.826. The Morgan fingerprint density at radius 2 is 1.90 bits per heavy atom. The van der Waals surface area contributed by atoms with Crippen molar-refractivity contribution in [3.8, 4) is 6.07 Å². The van der Waals surface area contributed by atoms with E-state index in [1.165, 1.54) is 0 Å². The van der Waals surface area contributed by atoms with Crippen LogP contribution in [0.2, 0.25) is 0 Å². The smallest absolute Gasteiger partial charge is 0.102 e. The molecule has 0 unspecified atom stereocenters. The molecule has 2 rings (SSSR count). The van der Waals surface area contributed by atoms with Crippen LogP contribution in [-0.4, -0.2) is 6.26 Å². The Kier molecular flexibility index (Phi) is 5.05. The van der Waals surface area contributed by atoms with Gasteiger partial charge in [0.2, 0.25) is 0 Å². The summed E-state index contributed by atoms with van der Waals surface area (Å²) < 4.78 is 0. The summed E-state index contributed by atoms with van der Waals surface area (Å²) in [5, 5.41) is 12.6. The van der Waals surface area contributed by atoms with E-state index in [-0.39, 0.29) is 0 Å². The van der Waals surface area contributed by atoms with Crippen LogP contribution in [0, 0.1) is 11.3 Å². The number of nitrogens with two attached hydrogens (primary N) is 1. The lowest BCUT2D eigenvalue weighted by molar-refractivity contribution is 1.01. The Labute approximate surface area is 123 Å². The zero-order chi connectivity index (χ0) is 14.4. The maximum Gasteiger partial charge on any atom is 0.102 e. The molecule has 0 aromatic heterocycles. The van der Waals surface area contributed by atoms with Crippen LogP contribution in [-0.2, 0) is 13.1 Å². The molecule has 0 fully saturated rings. The third kappa shape index (κ3) is 3.13. The molecule has 3 N–H and O–H groups in total. The predicted octanol–water partition coefficient (Wildman–Crippen LogP) is 3.35. The summed E-state index contributed by atoms with van der Waals surface area (Å²) in [6.45, 7) is 1.19. The molecular formula is C16H17N3S. The lowest BCUT2D eigenvalue weighted by Crippen LogP contribution is -2.07. The molecule has 4 heteroatoms. The molecule has 0 aliphatic rings. The Bertz CT molecular complexity index is 632. The van der Waals surface area contributed by atoms with Crippen molar-refractivity contribution in [3.05, 3.63) is 59.2 Å². The summed E-state index contributed by atoms with van der Waals surface area (Å²) in [5.41, 5.74) is 9.59. The highest BCUT2D eigenvalue weighted by molar-refractivity contribution is 7.98. The van der Waals surface area contributed by atoms with Gasteiger partial charge >= 0.3 is 0 Å². The van der Waals surface area contributed by atoms with Gasteiger partial charge < -0.3 is 11.1 Å². The third-order valence-electron chi connectivity index (χ3n) is 3.17. The molecule has 0 heterocycles. The summed E-state index contributed by atoms with van der Waals surface area (Å²) in [7, 11) is 0. The lowest BCUT2D eigenvalue weighted by Gasteiger charge is -2.12. The maximum atomic E-state index is 9.31. The SMILES string of the molecule is CSc1cccc(NCc2ccccc2CN)c1C#N. The van der Waals surface area contributed by atoms with E-state index in [2.05, 4.69) is 17.5 Å². The number of hydrogen-bond acceptors (Lipinski definition) is 4. The Morgan fingerprint density at radius 3 is 2.55 bits per heavy atom. The van der Waals surface area contributed by atoms with Gasteiger partial charge in [0.25, 0.3) is 0 Å². The van der Waals surface area contributed by atoms with E-state index in [1.807, 2.05) is 42.7 Å². The van der Waals surface area contributed by atoms with E-state index in [4.69, 9.17) is 5.73 Å². The van der Waals surface area contributed by atoms with E-state index in [1.54, 1.807) is 11.8 Å². The van der Waals surface area contributed by atoms with E-state index in [0.29, 0.717) is 18.7 Å². The Balaban J connectivity index is 2.21. The average molecular weight is 283 g/mol. The standard InChI is InChI=1S/C16H17N3S/c1-20-16-8-4-7-15(14(16)10-18)19-11-13-6-3-2-5-12(13)9-17/h2-8,19H,9,11,17H2,1H3. The van der Waals surface area contributed by atoms with Crippen LogP contribution in [0.25, 0.3) is 0 Å². The van der Waals surface area contributed by atoms with Gasteiger partial charge in [-0.1, -0.05) is 30.3 Å². The first-order valence-electron chi connectivity index (χ1n) is 6.38. The molecule has 2 aromatic rings. The number of nitrogens with zero attached hydrogens (tertiary/aromatic N) is 1. The van der Waals surface area contributed by atoms with Crippen molar-refractivity contribution < 1.29 is 0 Å². The zero-order valence-electron chi connectivity index (χ0n) is 11.4. The molecule has 0 aliphatic carbocycles. The number of rotatable bonds is 5. The van der Waals surface area contributed by atoms with Gasteiger partial charge in [0, 0.05) is 18.0 Å². The van der Waals surface area contributed by atoms with Crippen molar-refractivity contribution in [1.82, 2.24) is 0 Å². The van der Waals surface area contributed by atoms with Gasteiger partial charge in [-0.05, 0) is 29.5 Å². The summed E-state index contributed by atoms with van der Waals surface area (Å²) >= 11 is 1.58. The van der Waals surface area contributed by atoms with Gasteiger partial charge in [-0.25, -0.2) is 0 Å². The minimum Gasteiger partial charge on any atom is -0.380 e. The Hall–Kier alpha value is -1.96. The minimum absolute atomic E-state index is 0.522. The monoisotopic (exact) mass is 283 g/mol.